The van der Waals surface area contributed by atoms with Gasteiger partial charge in [-0.25, -0.2) is 14.5 Å². The molecule has 4 amide bonds. The number of nitrogens with zero attached hydrogens (tertiary/aromatic N) is 1. The van der Waals surface area contributed by atoms with E-state index in [1.807, 2.05) is 24.3 Å². The summed E-state index contributed by atoms with van der Waals surface area (Å²) in [6, 6.07) is 15.3. The number of methoxy groups -OCH3 is 2. The SMILES string of the molecule is COC(=O)c1ccc(N2C(=O)NC(=O)/C(=C\c3cc(Cl)c(OCc4ccccc4Br)c(OC)c3)C2=O)cc1. The van der Waals surface area contributed by atoms with Gasteiger partial charge in [-0.3, -0.25) is 14.9 Å². The minimum Gasteiger partial charge on any atom is -0.493 e. The standard InChI is InChI=1S/C27H20BrClN2O7/c1-36-22-13-15(12-21(29)23(22)38-14-17-5-3-4-6-20(17)28)11-19-24(32)30-27(35)31(25(19)33)18-9-7-16(8-10-18)26(34)37-2/h3-13H,14H2,1-2H3,(H,30,32,35)/b19-11+. The number of rotatable bonds is 7. The number of hydrogen-bond acceptors (Lipinski definition) is 7. The quantitative estimate of drug-likeness (QED) is 0.227. The van der Waals surface area contributed by atoms with Crippen molar-refractivity contribution in [1.29, 1.82) is 0 Å². The summed E-state index contributed by atoms with van der Waals surface area (Å²) in [4.78, 5) is 50.8. The highest BCUT2D eigenvalue weighted by Crippen LogP contribution is 2.38. The minimum absolute atomic E-state index is 0.157. The van der Waals surface area contributed by atoms with E-state index in [2.05, 4.69) is 26.0 Å². The van der Waals surface area contributed by atoms with Gasteiger partial charge in [0.25, 0.3) is 11.8 Å². The number of hydrogen-bond donors (Lipinski definition) is 1. The number of esters is 1. The first kappa shape index (κ1) is 26.9. The maximum atomic E-state index is 13.2. The molecule has 1 aliphatic heterocycles. The second kappa shape index (κ2) is 11.5. The number of anilines is 1. The first-order valence-electron chi connectivity index (χ1n) is 11.1. The average molecular weight is 600 g/mol. The number of barbiturate groups is 1. The molecule has 0 aromatic heterocycles. The largest absolute Gasteiger partial charge is 0.493 e. The second-order valence-electron chi connectivity index (χ2n) is 7.91. The molecule has 3 aromatic carbocycles. The lowest BCUT2D eigenvalue weighted by atomic mass is 10.1. The summed E-state index contributed by atoms with van der Waals surface area (Å²) in [5, 5.41) is 2.34. The summed E-state index contributed by atoms with van der Waals surface area (Å²) in [5.74, 6) is -1.72. The van der Waals surface area contributed by atoms with Crippen molar-refractivity contribution in [3.8, 4) is 11.5 Å². The fourth-order valence-corrected chi connectivity index (χ4v) is 4.32. The summed E-state index contributed by atoms with van der Waals surface area (Å²) in [6.07, 6.45) is 1.30. The van der Waals surface area contributed by atoms with Gasteiger partial charge in [0.2, 0.25) is 0 Å². The number of benzene rings is 3. The molecule has 1 saturated heterocycles. The van der Waals surface area contributed by atoms with Crippen LogP contribution in [0, 0.1) is 0 Å². The third-order valence-corrected chi connectivity index (χ3v) is 6.60. The van der Waals surface area contributed by atoms with Crippen LogP contribution < -0.4 is 19.7 Å². The molecular weight excluding hydrogens is 580 g/mol. The highest BCUT2D eigenvalue weighted by atomic mass is 79.9. The maximum Gasteiger partial charge on any atom is 0.337 e. The van der Waals surface area contributed by atoms with Crippen molar-refractivity contribution in [2.75, 3.05) is 19.1 Å². The Morgan fingerprint density at radius 2 is 1.76 bits per heavy atom. The number of imide groups is 2. The van der Waals surface area contributed by atoms with Crippen LogP contribution in [0.15, 0.2) is 70.7 Å². The van der Waals surface area contributed by atoms with E-state index in [1.165, 1.54) is 50.6 Å². The van der Waals surface area contributed by atoms with Gasteiger partial charge in [0.1, 0.15) is 12.2 Å². The van der Waals surface area contributed by atoms with Crippen molar-refractivity contribution in [2.45, 2.75) is 6.61 Å². The van der Waals surface area contributed by atoms with Crippen LogP contribution in [0.1, 0.15) is 21.5 Å². The molecule has 1 fully saturated rings. The molecule has 11 heteroatoms. The normalized spacial score (nSPS) is 14.4. The molecule has 1 heterocycles. The van der Waals surface area contributed by atoms with Gasteiger partial charge in [0.15, 0.2) is 11.5 Å². The Labute approximate surface area is 231 Å². The molecule has 0 bridgehead atoms. The van der Waals surface area contributed by atoms with E-state index in [1.54, 1.807) is 6.07 Å². The van der Waals surface area contributed by atoms with E-state index < -0.39 is 23.8 Å². The molecule has 194 valence electrons. The average Bonchev–Trinajstić information content (AvgIpc) is 2.90. The Kier molecular flexibility index (Phi) is 8.13. The van der Waals surface area contributed by atoms with E-state index in [0.717, 1.165) is 14.9 Å². The minimum atomic E-state index is -0.922. The van der Waals surface area contributed by atoms with Crippen LogP contribution in [-0.2, 0) is 20.9 Å². The summed E-state index contributed by atoms with van der Waals surface area (Å²) >= 11 is 9.95. The highest BCUT2D eigenvalue weighted by molar-refractivity contribution is 9.10. The Morgan fingerprint density at radius 3 is 2.42 bits per heavy atom. The third kappa shape index (κ3) is 5.56. The lowest BCUT2D eigenvalue weighted by Gasteiger charge is -2.26. The van der Waals surface area contributed by atoms with E-state index >= 15 is 0 Å². The van der Waals surface area contributed by atoms with Crippen molar-refractivity contribution in [3.63, 3.8) is 0 Å². The van der Waals surface area contributed by atoms with Crippen LogP contribution in [0.5, 0.6) is 11.5 Å². The van der Waals surface area contributed by atoms with Crippen molar-refractivity contribution in [2.24, 2.45) is 0 Å². The first-order valence-corrected chi connectivity index (χ1v) is 12.2. The van der Waals surface area contributed by atoms with Crippen molar-refractivity contribution >= 4 is 63.1 Å². The molecule has 0 spiro atoms. The molecule has 0 saturated carbocycles. The summed E-state index contributed by atoms with van der Waals surface area (Å²) in [5.41, 5.74) is 1.35. The van der Waals surface area contributed by atoms with Crippen LogP contribution in [0.3, 0.4) is 0 Å². The number of ether oxygens (including phenoxy) is 3. The molecule has 1 aliphatic rings. The molecule has 0 atom stereocenters. The first-order chi connectivity index (χ1) is 18.2. The van der Waals surface area contributed by atoms with Gasteiger partial charge in [-0.1, -0.05) is 45.7 Å². The summed E-state index contributed by atoms with van der Waals surface area (Å²) < 4.78 is 16.9. The van der Waals surface area contributed by atoms with Crippen LogP contribution in [-0.4, -0.2) is 38.0 Å². The van der Waals surface area contributed by atoms with Gasteiger partial charge in [-0.15, -0.1) is 0 Å². The van der Waals surface area contributed by atoms with E-state index in [9.17, 15) is 19.2 Å². The predicted octanol–water partition coefficient (Wildman–Crippen LogP) is 5.14. The summed E-state index contributed by atoms with van der Waals surface area (Å²) in [7, 11) is 2.67. The fraction of sp³-hybridized carbons (Fsp3) is 0.111. The second-order valence-corrected chi connectivity index (χ2v) is 9.17. The van der Waals surface area contributed by atoms with Gasteiger partial charge >= 0.3 is 12.0 Å². The Balaban J connectivity index is 1.63. The zero-order valence-corrected chi connectivity index (χ0v) is 22.5. The van der Waals surface area contributed by atoms with Gasteiger partial charge in [0.05, 0.1) is 30.5 Å². The lowest BCUT2D eigenvalue weighted by Crippen LogP contribution is -2.54. The molecule has 38 heavy (non-hydrogen) atoms. The van der Waals surface area contributed by atoms with Crippen LogP contribution in [0.2, 0.25) is 5.02 Å². The fourth-order valence-electron chi connectivity index (χ4n) is 3.65. The van der Waals surface area contributed by atoms with Crippen molar-refractivity contribution in [1.82, 2.24) is 5.32 Å². The predicted molar refractivity (Wildman–Crippen MR) is 143 cm³/mol. The monoisotopic (exact) mass is 598 g/mol. The highest BCUT2D eigenvalue weighted by Gasteiger charge is 2.37. The third-order valence-electron chi connectivity index (χ3n) is 5.54. The van der Waals surface area contributed by atoms with E-state index in [0.29, 0.717) is 5.56 Å². The Morgan fingerprint density at radius 1 is 1.05 bits per heavy atom. The number of nitrogens with one attached hydrogen (secondary N) is 1. The van der Waals surface area contributed by atoms with Crippen molar-refractivity contribution in [3.05, 3.63) is 92.4 Å². The lowest BCUT2D eigenvalue weighted by molar-refractivity contribution is -0.122. The van der Waals surface area contributed by atoms with Crippen molar-refractivity contribution < 1.29 is 33.4 Å². The van der Waals surface area contributed by atoms with Crippen LogP contribution in [0.4, 0.5) is 10.5 Å². The van der Waals surface area contributed by atoms with Crippen LogP contribution in [0.25, 0.3) is 6.08 Å². The number of amides is 4. The summed E-state index contributed by atoms with van der Waals surface area (Å²) in [6.45, 7) is 0.213. The zero-order chi connectivity index (χ0) is 27.4. The van der Waals surface area contributed by atoms with E-state index in [4.69, 9.17) is 21.1 Å². The molecule has 0 unspecified atom stereocenters. The van der Waals surface area contributed by atoms with Crippen LogP contribution >= 0.6 is 27.5 Å². The number of halogens is 2. The molecule has 0 radical (unpaired) electrons. The molecule has 3 aromatic rings. The van der Waals surface area contributed by atoms with E-state index in [-0.39, 0.29) is 40.0 Å². The molecule has 9 nitrogen and oxygen atoms in total. The molecule has 4 rings (SSSR count). The Bertz CT molecular complexity index is 1470. The molecule has 1 N–H and O–H groups in total. The number of carbonyl (C=O) groups is 4. The number of carbonyl (C=O) groups excluding carboxylic acids is 4. The molecule has 0 aliphatic carbocycles. The van der Waals surface area contributed by atoms with Gasteiger partial charge in [-0.05, 0) is 54.1 Å². The topological polar surface area (TPSA) is 111 Å². The maximum absolute atomic E-state index is 13.2. The Hall–Kier alpha value is -4.15. The van der Waals surface area contributed by atoms with Gasteiger partial charge < -0.3 is 14.2 Å². The molecular formula is C27H20BrClN2O7. The number of urea groups is 1. The van der Waals surface area contributed by atoms with Gasteiger partial charge in [0, 0.05) is 10.0 Å². The van der Waals surface area contributed by atoms with Gasteiger partial charge in [-0.2, -0.15) is 0 Å². The zero-order valence-electron chi connectivity index (χ0n) is 20.1. The smallest absolute Gasteiger partial charge is 0.337 e.